The van der Waals surface area contributed by atoms with Gasteiger partial charge in [-0.2, -0.15) is 5.26 Å². The van der Waals surface area contributed by atoms with Crippen molar-refractivity contribution in [3.8, 4) is 17.3 Å². The molecule has 2 heterocycles. The van der Waals surface area contributed by atoms with Crippen LogP contribution in [0.25, 0.3) is 11.3 Å². The van der Waals surface area contributed by atoms with Crippen LogP contribution >= 0.6 is 0 Å². The van der Waals surface area contributed by atoms with Gasteiger partial charge in [-0.1, -0.05) is 6.07 Å². The average molecular weight is 359 g/mol. The number of nitriles is 1. The van der Waals surface area contributed by atoms with Crippen molar-refractivity contribution in [2.24, 2.45) is 0 Å². The van der Waals surface area contributed by atoms with Crippen molar-refractivity contribution in [3.63, 3.8) is 0 Å². The van der Waals surface area contributed by atoms with E-state index in [1.165, 1.54) is 12.1 Å². The monoisotopic (exact) mass is 359 g/mol. The van der Waals surface area contributed by atoms with E-state index in [0.717, 1.165) is 42.9 Å². The molecule has 1 aliphatic heterocycles. The first-order valence-electron chi connectivity index (χ1n) is 8.88. The first-order chi connectivity index (χ1) is 13.2. The molecule has 0 atom stereocenters. The van der Waals surface area contributed by atoms with E-state index in [4.69, 9.17) is 0 Å². The Kier molecular flexibility index (Phi) is 4.67. The van der Waals surface area contributed by atoms with E-state index >= 15 is 0 Å². The van der Waals surface area contributed by atoms with E-state index in [0.29, 0.717) is 17.2 Å². The number of aromatic nitrogens is 2. The molecule has 0 unspecified atom stereocenters. The highest BCUT2D eigenvalue weighted by molar-refractivity contribution is 5.70. The summed E-state index contributed by atoms with van der Waals surface area (Å²) in [6, 6.07) is 16.0. The second-order valence-corrected chi connectivity index (χ2v) is 6.44. The topological polar surface area (TPSA) is 64.8 Å². The minimum Gasteiger partial charge on any atom is -0.370 e. The predicted molar refractivity (Wildman–Crippen MR) is 103 cm³/mol. The van der Waals surface area contributed by atoms with E-state index in [9.17, 15) is 9.65 Å². The summed E-state index contributed by atoms with van der Waals surface area (Å²) < 4.78 is 13.0. The maximum Gasteiger partial charge on any atom is 0.227 e. The predicted octanol–water partition coefficient (Wildman–Crippen LogP) is 4.50. The van der Waals surface area contributed by atoms with Crippen LogP contribution < -0.4 is 10.2 Å². The van der Waals surface area contributed by atoms with Gasteiger partial charge in [0.25, 0.3) is 0 Å². The molecule has 27 heavy (non-hydrogen) atoms. The first-order valence-corrected chi connectivity index (χ1v) is 8.88. The van der Waals surface area contributed by atoms with Gasteiger partial charge < -0.3 is 10.2 Å². The number of anilines is 3. The Bertz CT molecular complexity index is 988. The van der Waals surface area contributed by atoms with E-state index in [1.54, 1.807) is 18.3 Å². The minimum absolute atomic E-state index is 0.294. The van der Waals surface area contributed by atoms with Crippen LogP contribution in [-0.2, 0) is 0 Å². The van der Waals surface area contributed by atoms with Gasteiger partial charge in [-0.15, -0.1) is 0 Å². The van der Waals surface area contributed by atoms with E-state index < -0.39 is 0 Å². The molecule has 6 heteroatoms. The Hall–Kier alpha value is -3.46. The van der Waals surface area contributed by atoms with Crippen LogP contribution in [0.1, 0.15) is 18.4 Å². The van der Waals surface area contributed by atoms with Gasteiger partial charge >= 0.3 is 0 Å². The van der Waals surface area contributed by atoms with Gasteiger partial charge in [-0.25, -0.2) is 14.4 Å². The third kappa shape index (κ3) is 3.72. The lowest BCUT2D eigenvalue weighted by Crippen LogP contribution is -2.18. The summed E-state index contributed by atoms with van der Waals surface area (Å²) in [5, 5.41) is 12.6. The molecule has 0 amide bonds. The smallest absolute Gasteiger partial charge is 0.227 e. The number of halogens is 1. The maximum absolute atomic E-state index is 13.0. The van der Waals surface area contributed by atoms with Crippen molar-refractivity contribution in [3.05, 3.63) is 66.1 Å². The third-order valence-electron chi connectivity index (χ3n) is 4.62. The summed E-state index contributed by atoms with van der Waals surface area (Å²) >= 11 is 0. The normalized spacial score (nSPS) is 13.4. The highest BCUT2D eigenvalue weighted by Gasteiger charge is 2.16. The van der Waals surface area contributed by atoms with Gasteiger partial charge in [0.1, 0.15) is 11.9 Å². The molecule has 5 nitrogen and oxygen atoms in total. The molecule has 1 N–H and O–H groups in total. The zero-order chi connectivity index (χ0) is 18.6. The fourth-order valence-corrected chi connectivity index (χ4v) is 3.26. The number of nitrogens with one attached hydrogen (secondary N) is 1. The highest BCUT2D eigenvalue weighted by Crippen LogP contribution is 2.29. The average Bonchev–Trinajstić information content (AvgIpc) is 3.24. The standard InChI is InChI=1S/C21H18FN5/c22-17-4-6-18(7-5-17)25-21-24-10-9-19(26-21)15-3-8-20(16(13-15)14-23)27-11-1-2-12-27/h3-10,13H,1-2,11-12H2,(H,24,25,26). The molecule has 0 aliphatic carbocycles. The molecule has 134 valence electrons. The Labute approximate surface area is 157 Å². The molecule has 1 saturated heterocycles. The molecule has 0 spiro atoms. The Balaban J connectivity index is 1.61. The summed E-state index contributed by atoms with van der Waals surface area (Å²) in [5.74, 6) is 0.124. The molecule has 1 fully saturated rings. The lowest BCUT2D eigenvalue weighted by molar-refractivity contribution is 0.628. The van der Waals surface area contributed by atoms with Crippen LogP contribution in [0.5, 0.6) is 0 Å². The number of hydrogen-bond donors (Lipinski definition) is 1. The molecule has 2 aromatic carbocycles. The van der Waals surface area contributed by atoms with Crippen molar-refractivity contribution in [2.45, 2.75) is 12.8 Å². The van der Waals surface area contributed by atoms with Crippen molar-refractivity contribution in [1.29, 1.82) is 5.26 Å². The van der Waals surface area contributed by atoms with E-state index in [-0.39, 0.29) is 5.82 Å². The Morgan fingerprint density at radius 3 is 2.56 bits per heavy atom. The summed E-state index contributed by atoms with van der Waals surface area (Å²) in [4.78, 5) is 11.0. The lowest BCUT2D eigenvalue weighted by atomic mass is 10.1. The molecule has 0 bridgehead atoms. The van der Waals surface area contributed by atoms with Crippen molar-refractivity contribution >= 4 is 17.3 Å². The zero-order valence-corrected chi connectivity index (χ0v) is 14.7. The second-order valence-electron chi connectivity index (χ2n) is 6.44. The van der Waals surface area contributed by atoms with Crippen molar-refractivity contribution in [1.82, 2.24) is 9.97 Å². The number of benzene rings is 2. The molecule has 4 rings (SSSR count). The molecule has 0 radical (unpaired) electrons. The highest BCUT2D eigenvalue weighted by atomic mass is 19.1. The molecule has 1 aliphatic rings. The third-order valence-corrected chi connectivity index (χ3v) is 4.62. The van der Waals surface area contributed by atoms with Crippen LogP contribution in [0.3, 0.4) is 0 Å². The molecular weight excluding hydrogens is 341 g/mol. The minimum atomic E-state index is -0.294. The lowest BCUT2D eigenvalue weighted by Gasteiger charge is -2.19. The van der Waals surface area contributed by atoms with Crippen LogP contribution in [0.2, 0.25) is 0 Å². The van der Waals surface area contributed by atoms with Crippen LogP contribution in [-0.4, -0.2) is 23.1 Å². The zero-order valence-electron chi connectivity index (χ0n) is 14.7. The number of rotatable bonds is 4. The fraction of sp³-hybridized carbons (Fsp3) is 0.190. The van der Waals surface area contributed by atoms with Gasteiger partial charge in [0.05, 0.1) is 16.9 Å². The maximum atomic E-state index is 13.0. The summed E-state index contributed by atoms with van der Waals surface area (Å²) in [5.41, 5.74) is 3.92. The SMILES string of the molecule is N#Cc1cc(-c2ccnc(Nc3ccc(F)cc3)n2)ccc1N1CCCC1. The van der Waals surface area contributed by atoms with E-state index in [1.807, 2.05) is 24.3 Å². The summed E-state index contributed by atoms with van der Waals surface area (Å²) in [6.45, 7) is 1.99. The first kappa shape index (κ1) is 17.0. The Morgan fingerprint density at radius 1 is 1.04 bits per heavy atom. The molecule has 3 aromatic rings. The molecule has 1 aromatic heterocycles. The van der Waals surface area contributed by atoms with Crippen molar-refractivity contribution in [2.75, 3.05) is 23.3 Å². The van der Waals surface area contributed by atoms with E-state index in [2.05, 4.69) is 26.3 Å². The fourth-order valence-electron chi connectivity index (χ4n) is 3.26. The number of hydrogen-bond acceptors (Lipinski definition) is 5. The number of nitrogens with zero attached hydrogens (tertiary/aromatic N) is 4. The largest absolute Gasteiger partial charge is 0.370 e. The van der Waals surface area contributed by atoms with Gasteiger partial charge in [-0.3, -0.25) is 0 Å². The quantitative estimate of drug-likeness (QED) is 0.743. The van der Waals surface area contributed by atoms with Gasteiger partial charge in [-0.05, 0) is 55.3 Å². The van der Waals surface area contributed by atoms with Crippen LogP contribution in [0, 0.1) is 17.1 Å². The van der Waals surface area contributed by atoms with Gasteiger partial charge in [0, 0.05) is 30.5 Å². The van der Waals surface area contributed by atoms with Gasteiger partial charge in [0.2, 0.25) is 5.95 Å². The second kappa shape index (κ2) is 7.42. The molecule has 0 saturated carbocycles. The summed E-state index contributed by atoms with van der Waals surface area (Å²) in [7, 11) is 0. The van der Waals surface area contributed by atoms with Crippen LogP contribution in [0.15, 0.2) is 54.7 Å². The summed E-state index contributed by atoms with van der Waals surface area (Å²) in [6.07, 6.45) is 3.99. The van der Waals surface area contributed by atoms with Gasteiger partial charge in [0.15, 0.2) is 0 Å². The Morgan fingerprint density at radius 2 is 1.81 bits per heavy atom. The van der Waals surface area contributed by atoms with Crippen molar-refractivity contribution < 1.29 is 4.39 Å². The molecular formula is C21H18FN5. The van der Waals surface area contributed by atoms with Crippen LogP contribution in [0.4, 0.5) is 21.7 Å².